The number of hydrogen-bond donors (Lipinski definition) is 1. The van der Waals surface area contributed by atoms with E-state index in [1.54, 1.807) is 6.20 Å². The van der Waals surface area contributed by atoms with Crippen LogP contribution in [0.1, 0.15) is 0 Å². The van der Waals surface area contributed by atoms with Crippen LogP contribution in [-0.2, 0) is 0 Å². The van der Waals surface area contributed by atoms with Crippen molar-refractivity contribution in [2.24, 2.45) is 0 Å². The first-order valence-corrected chi connectivity index (χ1v) is 8.59. The van der Waals surface area contributed by atoms with Crippen LogP contribution in [0.3, 0.4) is 0 Å². The van der Waals surface area contributed by atoms with Gasteiger partial charge in [-0.05, 0) is 0 Å². The standard InChI is InChI=1S/C13H12BF.C9H8N2/c15-11-14(12-7-3-1-4-8-12)13-9-5-2-6-10-13;1-2-4-8(5-3-1)9-10-6-7-11-9/h1-10H,11H2;1-7H,(H,10,11). The van der Waals surface area contributed by atoms with E-state index >= 15 is 0 Å². The van der Waals surface area contributed by atoms with Crippen molar-refractivity contribution in [2.75, 3.05) is 6.57 Å². The molecular weight excluding hydrogens is 322 g/mol. The normalized spacial score (nSPS) is 9.88. The summed E-state index contributed by atoms with van der Waals surface area (Å²) in [7, 11) is 0. The third kappa shape index (κ3) is 4.70. The van der Waals surface area contributed by atoms with Crippen LogP contribution >= 0.6 is 0 Å². The Morgan fingerprint density at radius 3 is 1.65 bits per heavy atom. The van der Waals surface area contributed by atoms with Crippen LogP contribution in [-0.4, -0.2) is 23.3 Å². The molecule has 1 aromatic heterocycles. The van der Waals surface area contributed by atoms with Crippen molar-refractivity contribution in [1.82, 2.24) is 9.97 Å². The number of aromatic amines is 1. The minimum atomic E-state index is -0.353. The number of imidazole rings is 1. The second-order valence-corrected chi connectivity index (χ2v) is 5.83. The van der Waals surface area contributed by atoms with Gasteiger partial charge in [0.05, 0.1) is 6.57 Å². The summed E-state index contributed by atoms with van der Waals surface area (Å²) < 4.78 is 13.0. The third-order valence-electron chi connectivity index (χ3n) is 4.10. The number of benzene rings is 3. The molecule has 26 heavy (non-hydrogen) atoms. The van der Waals surface area contributed by atoms with Gasteiger partial charge in [0.15, 0.2) is 0 Å². The largest absolute Gasteiger partial charge is 0.345 e. The first-order valence-electron chi connectivity index (χ1n) is 8.59. The van der Waals surface area contributed by atoms with Gasteiger partial charge in [0.25, 0.3) is 0 Å². The Balaban J connectivity index is 0.000000158. The van der Waals surface area contributed by atoms with Gasteiger partial charge < -0.3 is 4.98 Å². The van der Waals surface area contributed by atoms with E-state index in [1.165, 1.54) is 0 Å². The number of hydrogen-bond acceptors (Lipinski definition) is 1. The average Bonchev–Trinajstić information content (AvgIpc) is 3.26. The lowest BCUT2D eigenvalue weighted by Crippen LogP contribution is -2.44. The van der Waals surface area contributed by atoms with Crippen molar-refractivity contribution in [3.8, 4) is 11.4 Å². The predicted molar refractivity (Wildman–Crippen MR) is 108 cm³/mol. The van der Waals surface area contributed by atoms with Gasteiger partial charge in [-0.3, -0.25) is 4.39 Å². The number of aromatic nitrogens is 2. The highest BCUT2D eigenvalue weighted by atomic mass is 19.1. The van der Waals surface area contributed by atoms with Crippen LogP contribution in [0.4, 0.5) is 4.39 Å². The fourth-order valence-corrected chi connectivity index (χ4v) is 2.76. The maximum atomic E-state index is 13.0. The number of rotatable bonds is 4. The lowest BCUT2D eigenvalue weighted by molar-refractivity contribution is 0.592. The first-order chi connectivity index (χ1) is 12.9. The SMILES string of the molecule is FCB(c1ccccc1)c1ccccc1.c1ccc(-c2ncc[nH]2)cc1. The van der Waals surface area contributed by atoms with Crippen LogP contribution in [0, 0.1) is 0 Å². The molecule has 0 saturated carbocycles. The quantitative estimate of drug-likeness (QED) is 0.560. The summed E-state index contributed by atoms with van der Waals surface area (Å²) >= 11 is 0. The average molecular weight is 342 g/mol. The molecule has 128 valence electrons. The Labute approximate surface area is 153 Å². The zero-order valence-corrected chi connectivity index (χ0v) is 14.4. The van der Waals surface area contributed by atoms with Crippen LogP contribution in [0.5, 0.6) is 0 Å². The van der Waals surface area contributed by atoms with Crippen molar-refractivity contribution >= 4 is 17.6 Å². The van der Waals surface area contributed by atoms with Gasteiger partial charge in [0, 0.05) is 18.0 Å². The summed E-state index contributed by atoms with van der Waals surface area (Å²) in [6.07, 6.45) is 3.57. The monoisotopic (exact) mass is 342 g/mol. The molecule has 0 amide bonds. The molecule has 3 aromatic carbocycles. The van der Waals surface area contributed by atoms with E-state index < -0.39 is 0 Å². The van der Waals surface area contributed by atoms with Crippen LogP contribution < -0.4 is 10.9 Å². The molecule has 4 heteroatoms. The molecule has 0 atom stereocenters. The van der Waals surface area contributed by atoms with Gasteiger partial charge in [-0.2, -0.15) is 0 Å². The minimum absolute atomic E-state index is 0.132. The molecule has 0 saturated heterocycles. The van der Waals surface area contributed by atoms with E-state index in [9.17, 15) is 4.39 Å². The number of H-pyrrole nitrogens is 1. The van der Waals surface area contributed by atoms with Crippen molar-refractivity contribution in [1.29, 1.82) is 0 Å². The Morgan fingerprint density at radius 2 is 1.23 bits per heavy atom. The molecule has 4 rings (SSSR count). The lowest BCUT2D eigenvalue weighted by Gasteiger charge is -2.09. The summed E-state index contributed by atoms with van der Waals surface area (Å²) in [6, 6.07) is 29.6. The number of nitrogens with one attached hydrogen (secondary N) is 1. The Bertz CT molecular complexity index is 826. The van der Waals surface area contributed by atoms with Gasteiger partial charge in [-0.25, -0.2) is 4.98 Å². The number of alkyl halides is 1. The van der Waals surface area contributed by atoms with Crippen LogP contribution in [0.25, 0.3) is 11.4 Å². The van der Waals surface area contributed by atoms with Crippen molar-refractivity contribution in [2.45, 2.75) is 0 Å². The highest BCUT2D eigenvalue weighted by molar-refractivity contribution is 6.85. The maximum Gasteiger partial charge on any atom is 0.244 e. The van der Waals surface area contributed by atoms with E-state index in [0.29, 0.717) is 0 Å². The fourth-order valence-electron chi connectivity index (χ4n) is 2.76. The highest BCUT2D eigenvalue weighted by Crippen LogP contribution is 2.11. The second kappa shape index (κ2) is 9.37. The van der Waals surface area contributed by atoms with Crippen molar-refractivity contribution in [3.05, 3.63) is 103 Å². The van der Waals surface area contributed by atoms with E-state index in [-0.39, 0.29) is 13.3 Å². The second-order valence-electron chi connectivity index (χ2n) is 5.83. The van der Waals surface area contributed by atoms with E-state index in [4.69, 9.17) is 0 Å². The molecule has 0 radical (unpaired) electrons. The zero-order chi connectivity index (χ0) is 18.0. The Morgan fingerprint density at radius 1 is 0.731 bits per heavy atom. The zero-order valence-electron chi connectivity index (χ0n) is 14.4. The van der Waals surface area contributed by atoms with E-state index in [2.05, 4.69) is 9.97 Å². The van der Waals surface area contributed by atoms with Gasteiger partial charge in [0.1, 0.15) is 5.82 Å². The first kappa shape index (κ1) is 17.7. The molecule has 0 bridgehead atoms. The van der Waals surface area contributed by atoms with Gasteiger partial charge in [-0.1, -0.05) is 102 Å². The summed E-state index contributed by atoms with van der Waals surface area (Å²) in [5.74, 6) is 0.922. The summed E-state index contributed by atoms with van der Waals surface area (Å²) in [4.78, 5) is 7.17. The van der Waals surface area contributed by atoms with Gasteiger partial charge >= 0.3 is 0 Å². The summed E-state index contributed by atoms with van der Waals surface area (Å²) in [5.41, 5.74) is 3.19. The topological polar surface area (TPSA) is 28.7 Å². The van der Waals surface area contributed by atoms with Gasteiger partial charge in [0.2, 0.25) is 6.71 Å². The molecular formula is C22H20BFN2. The Hall–Kier alpha value is -3.14. The summed E-state index contributed by atoms with van der Waals surface area (Å²) in [5, 5.41) is 0. The highest BCUT2D eigenvalue weighted by Gasteiger charge is 2.17. The number of halogens is 1. The van der Waals surface area contributed by atoms with E-state index in [1.807, 2.05) is 97.2 Å². The van der Waals surface area contributed by atoms with Crippen molar-refractivity contribution in [3.63, 3.8) is 0 Å². The maximum absolute atomic E-state index is 13.0. The molecule has 1 N–H and O–H groups in total. The fraction of sp³-hybridized carbons (Fsp3) is 0.0455. The molecule has 0 aliphatic rings. The number of nitrogens with zero attached hydrogens (tertiary/aromatic N) is 1. The molecule has 0 unspecified atom stereocenters. The molecule has 0 aliphatic carbocycles. The third-order valence-corrected chi connectivity index (χ3v) is 4.10. The molecule has 2 nitrogen and oxygen atoms in total. The van der Waals surface area contributed by atoms with Crippen LogP contribution in [0.15, 0.2) is 103 Å². The molecule has 1 heterocycles. The van der Waals surface area contributed by atoms with Crippen LogP contribution in [0.2, 0.25) is 0 Å². The molecule has 4 aromatic rings. The minimum Gasteiger partial charge on any atom is -0.345 e. The molecule has 0 spiro atoms. The van der Waals surface area contributed by atoms with Gasteiger partial charge in [-0.15, -0.1) is 0 Å². The molecule has 0 aliphatic heterocycles. The molecule has 0 fully saturated rings. The van der Waals surface area contributed by atoms with E-state index in [0.717, 1.165) is 22.3 Å². The van der Waals surface area contributed by atoms with Crippen molar-refractivity contribution < 1.29 is 4.39 Å². The predicted octanol–water partition coefficient (Wildman–Crippen LogP) is 3.88. The summed E-state index contributed by atoms with van der Waals surface area (Å²) in [6.45, 7) is -0.485. The smallest absolute Gasteiger partial charge is 0.244 e. The Kier molecular flexibility index (Phi) is 6.37. The lowest BCUT2D eigenvalue weighted by atomic mass is 9.42.